The predicted octanol–water partition coefficient (Wildman–Crippen LogP) is 0.629. The summed E-state index contributed by atoms with van der Waals surface area (Å²) in [4.78, 5) is 24.7. The van der Waals surface area contributed by atoms with Gasteiger partial charge < -0.3 is 19.7 Å². The lowest BCUT2D eigenvalue weighted by atomic mass is 10.0. The van der Waals surface area contributed by atoms with E-state index in [-0.39, 0.29) is 30.7 Å². The molecule has 0 radical (unpaired) electrons. The van der Waals surface area contributed by atoms with Gasteiger partial charge in [0.05, 0.1) is 18.4 Å². The van der Waals surface area contributed by atoms with Crippen molar-refractivity contribution in [1.82, 2.24) is 10.2 Å². The highest BCUT2D eigenvalue weighted by Gasteiger charge is 2.20. The molecule has 1 aromatic rings. The molecule has 6 nitrogen and oxygen atoms in total. The average Bonchev–Trinajstić information content (AvgIpc) is 2.89. The number of hydrogen-bond donors (Lipinski definition) is 2. The second-order valence-electron chi connectivity index (χ2n) is 4.77. The molecule has 0 saturated carbocycles. The van der Waals surface area contributed by atoms with Gasteiger partial charge in [-0.1, -0.05) is 6.92 Å². The summed E-state index contributed by atoms with van der Waals surface area (Å²) in [6, 6.07) is 3.15. The molecule has 1 atom stereocenters. The molecule has 19 heavy (non-hydrogen) atoms. The Hall–Kier alpha value is -1.82. The third-order valence-electron chi connectivity index (χ3n) is 2.89. The Kier molecular flexibility index (Phi) is 5.11. The summed E-state index contributed by atoms with van der Waals surface area (Å²) in [7, 11) is 1.52. The maximum absolute atomic E-state index is 11.8. The zero-order valence-corrected chi connectivity index (χ0v) is 11.5. The van der Waals surface area contributed by atoms with Gasteiger partial charge >= 0.3 is 0 Å². The van der Waals surface area contributed by atoms with E-state index in [1.807, 2.05) is 6.92 Å². The molecule has 0 saturated heterocycles. The lowest BCUT2D eigenvalue weighted by molar-refractivity contribution is -0.122. The monoisotopic (exact) mass is 268 g/mol. The zero-order valence-electron chi connectivity index (χ0n) is 11.5. The van der Waals surface area contributed by atoms with Crippen LogP contribution in [0.25, 0.3) is 0 Å². The molecule has 0 spiro atoms. The molecule has 1 unspecified atom stereocenters. The third kappa shape index (κ3) is 4.75. The summed E-state index contributed by atoms with van der Waals surface area (Å²) in [5.74, 6) is -0.491. The summed E-state index contributed by atoms with van der Waals surface area (Å²) in [5, 5.41) is 12.3. The van der Waals surface area contributed by atoms with E-state index in [4.69, 9.17) is 4.42 Å². The highest BCUT2D eigenvalue weighted by molar-refractivity contribution is 5.94. The quantitative estimate of drug-likeness (QED) is 0.792. The van der Waals surface area contributed by atoms with E-state index in [1.54, 1.807) is 19.1 Å². The first kappa shape index (κ1) is 15.2. The van der Waals surface area contributed by atoms with Crippen LogP contribution in [0.2, 0.25) is 0 Å². The Bertz CT molecular complexity index is 426. The largest absolute Gasteiger partial charge is 0.459 e. The summed E-state index contributed by atoms with van der Waals surface area (Å²) < 4.78 is 4.97. The van der Waals surface area contributed by atoms with Gasteiger partial charge in [-0.25, -0.2) is 0 Å². The van der Waals surface area contributed by atoms with Crippen LogP contribution in [0.4, 0.5) is 0 Å². The van der Waals surface area contributed by atoms with Crippen molar-refractivity contribution in [3.8, 4) is 0 Å². The fourth-order valence-electron chi connectivity index (χ4n) is 1.35. The fourth-order valence-corrected chi connectivity index (χ4v) is 1.35. The van der Waals surface area contributed by atoms with E-state index in [1.165, 1.54) is 18.2 Å². The SMILES string of the molecule is CCC(C)(O)CNC(=O)CN(C)C(=O)c1ccco1. The summed E-state index contributed by atoms with van der Waals surface area (Å²) >= 11 is 0. The van der Waals surface area contributed by atoms with E-state index in [9.17, 15) is 14.7 Å². The first-order valence-corrected chi connectivity index (χ1v) is 6.14. The number of carbonyl (C=O) groups excluding carboxylic acids is 2. The molecular formula is C13H20N2O4. The Morgan fingerprint density at radius 3 is 2.74 bits per heavy atom. The Morgan fingerprint density at radius 1 is 1.53 bits per heavy atom. The standard InChI is InChI=1S/C13H20N2O4/c1-4-13(2,18)9-14-11(16)8-15(3)12(17)10-6-5-7-19-10/h5-7,18H,4,8-9H2,1-3H3,(H,14,16). The lowest BCUT2D eigenvalue weighted by Gasteiger charge is -2.22. The molecule has 0 bridgehead atoms. The van der Waals surface area contributed by atoms with Crippen molar-refractivity contribution in [3.63, 3.8) is 0 Å². The predicted molar refractivity (Wildman–Crippen MR) is 69.6 cm³/mol. The van der Waals surface area contributed by atoms with Crippen LogP contribution >= 0.6 is 0 Å². The average molecular weight is 268 g/mol. The molecule has 0 aromatic carbocycles. The van der Waals surface area contributed by atoms with Gasteiger partial charge in [-0.3, -0.25) is 9.59 Å². The summed E-state index contributed by atoms with van der Waals surface area (Å²) in [6.45, 7) is 3.55. The molecule has 106 valence electrons. The van der Waals surface area contributed by atoms with Crippen molar-refractivity contribution < 1.29 is 19.1 Å². The minimum atomic E-state index is -0.931. The number of rotatable bonds is 6. The van der Waals surface area contributed by atoms with Crippen LogP contribution in [0.3, 0.4) is 0 Å². The molecule has 0 aliphatic carbocycles. The first-order chi connectivity index (χ1) is 8.85. The number of furan rings is 1. The first-order valence-electron chi connectivity index (χ1n) is 6.14. The minimum absolute atomic E-state index is 0.0840. The third-order valence-corrected chi connectivity index (χ3v) is 2.89. The Balaban J connectivity index is 2.42. The smallest absolute Gasteiger partial charge is 0.289 e. The molecule has 0 fully saturated rings. The Morgan fingerprint density at radius 2 is 2.21 bits per heavy atom. The van der Waals surface area contributed by atoms with E-state index in [0.29, 0.717) is 6.42 Å². The van der Waals surface area contributed by atoms with Crippen molar-refractivity contribution >= 4 is 11.8 Å². The van der Waals surface area contributed by atoms with Crippen LogP contribution < -0.4 is 5.32 Å². The Labute approximate surface area is 112 Å². The highest BCUT2D eigenvalue weighted by atomic mass is 16.3. The van der Waals surface area contributed by atoms with Gasteiger partial charge in [-0.2, -0.15) is 0 Å². The number of hydrogen-bond acceptors (Lipinski definition) is 4. The number of carbonyl (C=O) groups is 2. The van der Waals surface area contributed by atoms with Crippen LogP contribution in [-0.2, 0) is 4.79 Å². The van der Waals surface area contributed by atoms with Gasteiger partial charge in [-0.15, -0.1) is 0 Å². The van der Waals surface area contributed by atoms with E-state index >= 15 is 0 Å². The lowest BCUT2D eigenvalue weighted by Crippen LogP contribution is -2.44. The number of aliphatic hydroxyl groups is 1. The normalized spacial score (nSPS) is 13.7. The van der Waals surface area contributed by atoms with E-state index in [0.717, 1.165) is 0 Å². The van der Waals surface area contributed by atoms with Crippen molar-refractivity contribution in [2.45, 2.75) is 25.9 Å². The number of nitrogens with one attached hydrogen (secondary N) is 1. The number of amides is 2. The van der Waals surface area contributed by atoms with Crippen molar-refractivity contribution in [2.75, 3.05) is 20.1 Å². The molecule has 6 heteroatoms. The molecular weight excluding hydrogens is 248 g/mol. The number of likely N-dealkylation sites (N-methyl/N-ethyl adjacent to an activating group) is 1. The topological polar surface area (TPSA) is 82.8 Å². The molecule has 2 N–H and O–H groups in total. The summed E-state index contributed by atoms with van der Waals surface area (Å²) in [5.41, 5.74) is -0.931. The molecule has 0 aliphatic rings. The van der Waals surface area contributed by atoms with Gasteiger partial charge in [0.25, 0.3) is 5.91 Å². The van der Waals surface area contributed by atoms with Gasteiger partial charge in [0.1, 0.15) is 0 Å². The van der Waals surface area contributed by atoms with Crippen LogP contribution in [0.15, 0.2) is 22.8 Å². The van der Waals surface area contributed by atoms with E-state index in [2.05, 4.69) is 5.32 Å². The number of nitrogens with zero attached hydrogens (tertiary/aromatic N) is 1. The van der Waals surface area contributed by atoms with Gasteiger partial charge in [0, 0.05) is 13.6 Å². The van der Waals surface area contributed by atoms with Crippen LogP contribution in [0.5, 0.6) is 0 Å². The van der Waals surface area contributed by atoms with Gasteiger partial charge in [0.2, 0.25) is 5.91 Å². The highest BCUT2D eigenvalue weighted by Crippen LogP contribution is 2.06. The molecule has 0 aliphatic heterocycles. The van der Waals surface area contributed by atoms with Crippen molar-refractivity contribution in [1.29, 1.82) is 0 Å². The van der Waals surface area contributed by atoms with Crippen LogP contribution in [0, 0.1) is 0 Å². The van der Waals surface area contributed by atoms with E-state index < -0.39 is 5.60 Å². The van der Waals surface area contributed by atoms with Crippen molar-refractivity contribution in [2.24, 2.45) is 0 Å². The van der Waals surface area contributed by atoms with Crippen LogP contribution in [-0.4, -0.2) is 47.6 Å². The van der Waals surface area contributed by atoms with Gasteiger partial charge in [-0.05, 0) is 25.5 Å². The second kappa shape index (κ2) is 6.38. The fraction of sp³-hybridized carbons (Fsp3) is 0.538. The van der Waals surface area contributed by atoms with Crippen LogP contribution in [0.1, 0.15) is 30.8 Å². The molecule has 2 amide bonds. The maximum Gasteiger partial charge on any atom is 0.289 e. The molecule has 1 aromatic heterocycles. The minimum Gasteiger partial charge on any atom is -0.459 e. The second-order valence-corrected chi connectivity index (χ2v) is 4.77. The maximum atomic E-state index is 11.8. The molecule has 1 heterocycles. The van der Waals surface area contributed by atoms with Gasteiger partial charge in [0.15, 0.2) is 5.76 Å². The summed E-state index contributed by atoms with van der Waals surface area (Å²) in [6.07, 6.45) is 1.94. The zero-order chi connectivity index (χ0) is 14.5. The van der Waals surface area contributed by atoms with Crippen molar-refractivity contribution in [3.05, 3.63) is 24.2 Å². The molecule has 1 rings (SSSR count).